The Kier molecular flexibility index (Phi) is 3.03. The summed E-state index contributed by atoms with van der Waals surface area (Å²) in [5.41, 5.74) is 0. The second-order valence-corrected chi connectivity index (χ2v) is 4.79. The van der Waals surface area contributed by atoms with Gasteiger partial charge in [-0.25, -0.2) is 4.79 Å². The van der Waals surface area contributed by atoms with Crippen LogP contribution in [0.3, 0.4) is 0 Å². The van der Waals surface area contributed by atoms with E-state index in [1.54, 1.807) is 11.9 Å². The van der Waals surface area contributed by atoms with E-state index in [0.29, 0.717) is 13.1 Å². The second-order valence-electron chi connectivity index (χ2n) is 4.79. The number of hydrogen-bond acceptors (Lipinski definition) is 2. The molecule has 1 atom stereocenters. The topological polar surface area (TPSA) is 60.9 Å². The normalized spacial score (nSPS) is 27.6. The lowest BCUT2D eigenvalue weighted by atomic mass is 10.0. The Hall–Kier alpha value is -1.26. The molecule has 1 aliphatic heterocycles. The average Bonchev–Trinajstić information content (AvgIpc) is 2.74. The van der Waals surface area contributed by atoms with Crippen LogP contribution in [0.5, 0.6) is 0 Å². The van der Waals surface area contributed by atoms with Crippen LogP contribution >= 0.6 is 0 Å². The molecule has 16 heavy (non-hydrogen) atoms. The van der Waals surface area contributed by atoms with Crippen molar-refractivity contribution < 1.29 is 14.7 Å². The first kappa shape index (κ1) is 11.2. The molecule has 2 amide bonds. The molecule has 2 aliphatic rings. The van der Waals surface area contributed by atoms with Crippen LogP contribution in [0.25, 0.3) is 0 Å². The van der Waals surface area contributed by atoms with E-state index in [2.05, 4.69) is 0 Å². The number of carboxylic acids is 1. The van der Waals surface area contributed by atoms with Crippen LogP contribution in [-0.2, 0) is 4.79 Å². The summed E-state index contributed by atoms with van der Waals surface area (Å²) in [6.45, 7) is 0.709. The number of hydrogen-bond donors (Lipinski definition) is 1. The Morgan fingerprint density at radius 1 is 1.31 bits per heavy atom. The molecular formula is C11H18N2O3. The highest BCUT2D eigenvalue weighted by Gasteiger charge is 2.37. The summed E-state index contributed by atoms with van der Waals surface area (Å²) >= 11 is 0. The van der Waals surface area contributed by atoms with Gasteiger partial charge in [-0.1, -0.05) is 12.8 Å². The highest BCUT2D eigenvalue weighted by Crippen LogP contribution is 2.27. The van der Waals surface area contributed by atoms with E-state index in [1.165, 1.54) is 4.90 Å². The fourth-order valence-corrected chi connectivity index (χ4v) is 2.68. The van der Waals surface area contributed by atoms with Gasteiger partial charge in [-0.15, -0.1) is 0 Å². The highest BCUT2D eigenvalue weighted by atomic mass is 16.4. The molecule has 1 saturated carbocycles. The fraction of sp³-hybridized carbons (Fsp3) is 0.818. The lowest BCUT2D eigenvalue weighted by Gasteiger charge is -2.40. The van der Waals surface area contributed by atoms with E-state index in [1.807, 2.05) is 0 Å². The summed E-state index contributed by atoms with van der Waals surface area (Å²) in [5.74, 6) is -1.24. The molecule has 1 aliphatic carbocycles. The minimum atomic E-state index is -0.803. The van der Waals surface area contributed by atoms with Gasteiger partial charge in [-0.05, 0) is 12.8 Å². The third kappa shape index (κ3) is 1.99. The van der Waals surface area contributed by atoms with Crippen molar-refractivity contribution in [2.24, 2.45) is 5.92 Å². The summed E-state index contributed by atoms with van der Waals surface area (Å²) < 4.78 is 0. The van der Waals surface area contributed by atoms with Gasteiger partial charge in [0.25, 0.3) is 0 Å². The molecule has 1 N–H and O–H groups in total. The van der Waals surface area contributed by atoms with Gasteiger partial charge >= 0.3 is 12.0 Å². The predicted molar refractivity (Wildman–Crippen MR) is 58.1 cm³/mol. The van der Waals surface area contributed by atoms with E-state index >= 15 is 0 Å². The summed E-state index contributed by atoms with van der Waals surface area (Å²) in [4.78, 5) is 26.2. The Labute approximate surface area is 95.0 Å². The first-order valence-electron chi connectivity index (χ1n) is 5.84. The zero-order valence-electron chi connectivity index (χ0n) is 9.56. The van der Waals surface area contributed by atoms with Crippen LogP contribution in [0.1, 0.15) is 25.7 Å². The number of urea groups is 1. The molecule has 90 valence electrons. The first-order chi connectivity index (χ1) is 7.59. The Balaban J connectivity index is 2.09. The minimum absolute atomic E-state index is 0.00981. The lowest BCUT2D eigenvalue weighted by molar-refractivity contribution is -0.143. The molecule has 1 saturated heterocycles. The van der Waals surface area contributed by atoms with Crippen LogP contribution in [-0.4, -0.2) is 53.1 Å². The van der Waals surface area contributed by atoms with E-state index in [4.69, 9.17) is 5.11 Å². The van der Waals surface area contributed by atoms with Crippen LogP contribution in [0.2, 0.25) is 0 Å². The van der Waals surface area contributed by atoms with Crippen LogP contribution in [0, 0.1) is 5.92 Å². The number of amides is 2. The highest BCUT2D eigenvalue weighted by molar-refractivity contribution is 5.79. The number of carbonyl (C=O) groups is 2. The maximum absolute atomic E-state index is 11.9. The van der Waals surface area contributed by atoms with Gasteiger partial charge in [0.2, 0.25) is 0 Å². The van der Waals surface area contributed by atoms with Crippen LogP contribution in [0.15, 0.2) is 0 Å². The van der Waals surface area contributed by atoms with Crippen LogP contribution in [0.4, 0.5) is 4.79 Å². The maximum atomic E-state index is 11.9. The summed E-state index contributed by atoms with van der Waals surface area (Å²) in [6.07, 6.45) is 4.34. The molecule has 2 fully saturated rings. The molecule has 1 unspecified atom stereocenters. The lowest BCUT2D eigenvalue weighted by Crippen LogP contribution is -2.56. The smallest absolute Gasteiger partial charge is 0.320 e. The second kappa shape index (κ2) is 4.31. The van der Waals surface area contributed by atoms with Gasteiger partial charge in [0.05, 0.1) is 5.92 Å². The summed E-state index contributed by atoms with van der Waals surface area (Å²) in [7, 11) is 1.68. The Morgan fingerprint density at radius 3 is 2.50 bits per heavy atom. The summed E-state index contributed by atoms with van der Waals surface area (Å²) in [5, 5.41) is 9.04. The van der Waals surface area contributed by atoms with E-state index in [0.717, 1.165) is 25.7 Å². The van der Waals surface area contributed by atoms with Crippen molar-refractivity contribution in [1.29, 1.82) is 0 Å². The molecule has 0 aromatic heterocycles. The third-order valence-electron chi connectivity index (χ3n) is 3.60. The SMILES string of the molecule is CN1CC(C(=O)O)CN(C2CCCC2)C1=O. The predicted octanol–water partition coefficient (Wildman–Crippen LogP) is 0.997. The fourth-order valence-electron chi connectivity index (χ4n) is 2.68. The molecular weight excluding hydrogens is 208 g/mol. The molecule has 0 spiro atoms. The number of carbonyl (C=O) groups excluding carboxylic acids is 1. The molecule has 1 heterocycles. The molecule has 0 bridgehead atoms. The van der Waals surface area contributed by atoms with Crippen LogP contribution < -0.4 is 0 Å². The Bertz CT molecular complexity index is 300. The maximum Gasteiger partial charge on any atom is 0.320 e. The summed E-state index contributed by atoms with van der Waals surface area (Å²) in [6, 6.07) is 0.251. The number of rotatable bonds is 2. The van der Waals surface area contributed by atoms with Gasteiger partial charge in [-0.2, -0.15) is 0 Å². The van der Waals surface area contributed by atoms with Gasteiger partial charge < -0.3 is 14.9 Å². The van der Waals surface area contributed by atoms with Crippen molar-refractivity contribution in [3.05, 3.63) is 0 Å². The van der Waals surface area contributed by atoms with E-state index in [-0.39, 0.29) is 12.1 Å². The standard InChI is InChI=1S/C11H18N2O3/c1-12-6-8(10(14)15)7-13(11(12)16)9-4-2-3-5-9/h8-9H,2-7H2,1H3,(H,14,15). The number of nitrogens with zero attached hydrogens (tertiary/aromatic N) is 2. The zero-order chi connectivity index (χ0) is 11.7. The third-order valence-corrected chi connectivity index (χ3v) is 3.60. The van der Waals surface area contributed by atoms with Gasteiger partial charge in [0.15, 0.2) is 0 Å². The average molecular weight is 226 g/mol. The van der Waals surface area contributed by atoms with Gasteiger partial charge in [0, 0.05) is 26.2 Å². The minimum Gasteiger partial charge on any atom is -0.481 e. The van der Waals surface area contributed by atoms with Crippen molar-refractivity contribution in [2.75, 3.05) is 20.1 Å². The molecule has 5 heteroatoms. The first-order valence-corrected chi connectivity index (χ1v) is 5.84. The van der Waals surface area contributed by atoms with Gasteiger partial charge in [0.1, 0.15) is 0 Å². The Morgan fingerprint density at radius 2 is 1.94 bits per heavy atom. The molecule has 0 aromatic carbocycles. The van der Waals surface area contributed by atoms with Gasteiger partial charge in [-0.3, -0.25) is 4.79 Å². The van der Waals surface area contributed by atoms with Crippen molar-refractivity contribution in [3.8, 4) is 0 Å². The molecule has 5 nitrogen and oxygen atoms in total. The molecule has 2 rings (SSSR count). The van der Waals surface area contributed by atoms with Crippen molar-refractivity contribution in [2.45, 2.75) is 31.7 Å². The van der Waals surface area contributed by atoms with Crippen molar-refractivity contribution in [1.82, 2.24) is 9.80 Å². The van der Waals surface area contributed by atoms with E-state index < -0.39 is 11.9 Å². The molecule has 0 radical (unpaired) electrons. The largest absolute Gasteiger partial charge is 0.481 e. The number of aliphatic carboxylic acids is 1. The number of carboxylic acid groups (broad SMARTS) is 1. The monoisotopic (exact) mass is 226 g/mol. The van der Waals surface area contributed by atoms with Crippen molar-refractivity contribution in [3.63, 3.8) is 0 Å². The quantitative estimate of drug-likeness (QED) is 0.764. The van der Waals surface area contributed by atoms with Crippen molar-refractivity contribution >= 4 is 12.0 Å². The molecule has 0 aromatic rings. The zero-order valence-corrected chi connectivity index (χ0v) is 9.56. The van der Waals surface area contributed by atoms with E-state index in [9.17, 15) is 9.59 Å².